The van der Waals surface area contributed by atoms with Crippen molar-refractivity contribution in [2.45, 2.75) is 32.2 Å². The number of carboxylic acids is 1. The van der Waals surface area contributed by atoms with Gasteiger partial charge in [0.1, 0.15) is 11.7 Å². The summed E-state index contributed by atoms with van der Waals surface area (Å²) in [5.74, 6) is -0.751. The smallest absolute Gasteiger partial charge is 0.326 e. The molecule has 19 heavy (non-hydrogen) atoms. The molecule has 1 aliphatic rings. The van der Waals surface area contributed by atoms with E-state index >= 15 is 0 Å². The molecule has 2 atom stereocenters. The maximum absolute atomic E-state index is 12.5. The van der Waals surface area contributed by atoms with Crippen LogP contribution in [0.1, 0.15) is 36.7 Å². The lowest BCUT2D eigenvalue weighted by atomic mass is 10.1. The van der Waals surface area contributed by atoms with Crippen molar-refractivity contribution in [2.24, 2.45) is 13.0 Å². The Morgan fingerprint density at radius 2 is 2.11 bits per heavy atom. The van der Waals surface area contributed by atoms with Gasteiger partial charge in [-0.25, -0.2) is 4.79 Å². The van der Waals surface area contributed by atoms with Crippen molar-refractivity contribution in [2.75, 3.05) is 6.54 Å². The molecule has 2 unspecified atom stereocenters. The second-order valence-electron chi connectivity index (χ2n) is 5.35. The van der Waals surface area contributed by atoms with Crippen molar-refractivity contribution in [1.29, 1.82) is 0 Å². The van der Waals surface area contributed by atoms with Gasteiger partial charge in [0.15, 0.2) is 0 Å². The van der Waals surface area contributed by atoms with E-state index in [1.807, 2.05) is 0 Å². The first kappa shape index (κ1) is 13.6. The first-order chi connectivity index (χ1) is 9.00. The third kappa shape index (κ3) is 2.80. The van der Waals surface area contributed by atoms with Crippen LogP contribution >= 0.6 is 0 Å². The topological polar surface area (TPSA) is 62.5 Å². The van der Waals surface area contributed by atoms with Crippen molar-refractivity contribution < 1.29 is 14.7 Å². The van der Waals surface area contributed by atoms with Gasteiger partial charge in [-0.15, -0.1) is 0 Å². The van der Waals surface area contributed by atoms with Crippen molar-refractivity contribution in [3.63, 3.8) is 0 Å². The van der Waals surface area contributed by atoms with Crippen molar-refractivity contribution in [3.05, 3.63) is 24.0 Å². The van der Waals surface area contributed by atoms with Gasteiger partial charge in [-0.05, 0) is 30.9 Å². The molecule has 2 heterocycles. The molecule has 1 N–H and O–H groups in total. The van der Waals surface area contributed by atoms with Crippen LogP contribution in [0.2, 0.25) is 0 Å². The average molecular weight is 264 g/mol. The molecule has 1 fully saturated rings. The molecule has 2 rings (SSSR count). The molecule has 5 heteroatoms. The minimum Gasteiger partial charge on any atom is -0.480 e. The number of aromatic nitrogens is 1. The van der Waals surface area contributed by atoms with E-state index < -0.39 is 12.0 Å². The highest BCUT2D eigenvalue weighted by atomic mass is 16.4. The number of rotatable bonds is 2. The standard InChI is InChI=1S/C14H20N2O3/c1-10-5-3-6-12(14(18)19)16(9-10)13(17)11-7-4-8-15(11)2/h4,7-8,10,12H,3,5-6,9H2,1-2H3,(H,18,19). The Morgan fingerprint density at radius 1 is 1.37 bits per heavy atom. The lowest BCUT2D eigenvalue weighted by Gasteiger charge is -2.28. The number of hydrogen-bond acceptors (Lipinski definition) is 2. The van der Waals surface area contributed by atoms with E-state index in [1.165, 1.54) is 4.90 Å². The molecule has 5 nitrogen and oxygen atoms in total. The molecule has 1 aromatic heterocycles. The Bertz CT molecular complexity index is 481. The summed E-state index contributed by atoms with van der Waals surface area (Å²) in [6, 6.07) is 2.83. The quantitative estimate of drug-likeness (QED) is 0.885. The normalized spacial score (nSPS) is 24.0. The van der Waals surface area contributed by atoms with Gasteiger partial charge < -0.3 is 14.6 Å². The van der Waals surface area contributed by atoms with Crippen LogP contribution in [0.15, 0.2) is 18.3 Å². The molecule has 0 aliphatic carbocycles. The molecule has 1 aromatic rings. The maximum atomic E-state index is 12.5. The molecule has 0 aromatic carbocycles. The number of carboxylic acid groups (broad SMARTS) is 1. The van der Waals surface area contributed by atoms with E-state index in [0.29, 0.717) is 24.6 Å². The number of carbonyl (C=O) groups excluding carboxylic acids is 1. The van der Waals surface area contributed by atoms with Gasteiger partial charge in [-0.1, -0.05) is 13.3 Å². The highest BCUT2D eigenvalue weighted by Gasteiger charge is 2.33. The van der Waals surface area contributed by atoms with E-state index in [0.717, 1.165) is 12.8 Å². The van der Waals surface area contributed by atoms with E-state index in [1.54, 1.807) is 29.9 Å². The number of amides is 1. The van der Waals surface area contributed by atoms with Crippen LogP contribution in [0, 0.1) is 5.92 Å². The fraction of sp³-hybridized carbons (Fsp3) is 0.571. The van der Waals surface area contributed by atoms with Crippen LogP contribution in [0.3, 0.4) is 0 Å². The molecule has 1 saturated heterocycles. The highest BCUT2D eigenvalue weighted by Crippen LogP contribution is 2.23. The van der Waals surface area contributed by atoms with Gasteiger partial charge in [-0.2, -0.15) is 0 Å². The third-order valence-electron chi connectivity index (χ3n) is 3.77. The summed E-state index contributed by atoms with van der Waals surface area (Å²) in [6.45, 7) is 2.58. The van der Waals surface area contributed by atoms with Gasteiger partial charge in [-0.3, -0.25) is 4.79 Å². The average Bonchev–Trinajstić information content (AvgIpc) is 2.66. The van der Waals surface area contributed by atoms with Crippen LogP contribution in [0.4, 0.5) is 0 Å². The number of aliphatic carboxylic acids is 1. The Hall–Kier alpha value is -1.78. The van der Waals surface area contributed by atoms with E-state index in [-0.39, 0.29) is 5.91 Å². The predicted octanol–water partition coefficient (Wildman–Crippen LogP) is 1.74. The molecule has 0 spiro atoms. The molecule has 104 valence electrons. The number of aryl methyl sites for hydroxylation is 1. The summed E-state index contributed by atoms with van der Waals surface area (Å²) in [6.07, 6.45) is 4.16. The number of likely N-dealkylation sites (tertiary alicyclic amines) is 1. The molecule has 0 bridgehead atoms. The summed E-state index contributed by atoms with van der Waals surface area (Å²) in [5.41, 5.74) is 0.542. The van der Waals surface area contributed by atoms with Crippen LogP contribution < -0.4 is 0 Å². The Balaban J connectivity index is 2.29. The van der Waals surface area contributed by atoms with Gasteiger partial charge in [0, 0.05) is 19.8 Å². The number of nitrogens with zero attached hydrogens (tertiary/aromatic N) is 2. The molecule has 1 aliphatic heterocycles. The lowest BCUT2D eigenvalue weighted by Crippen LogP contribution is -2.46. The fourth-order valence-corrected chi connectivity index (χ4v) is 2.68. The maximum Gasteiger partial charge on any atom is 0.326 e. The van der Waals surface area contributed by atoms with Crippen LogP contribution in [-0.4, -0.2) is 39.0 Å². The summed E-state index contributed by atoms with van der Waals surface area (Å²) in [4.78, 5) is 25.4. The summed E-state index contributed by atoms with van der Waals surface area (Å²) >= 11 is 0. The SMILES string of the molecule is CC1CCCC(C(=O)O)N(C(=O)c2cccn2C)C1. The molecule has 1 amide bonds. The van der Waals surface area contributed by atoms with Gasteiger partial charge in [0.2, 0.25) is 0 Å². The molecular weight excluding hydrogens is 244 g/mol. The molecule has 0 radical (unpaired) electrons. The zero-order valence-electron chi connectivity index (χ0n) is 11.4. The highest BCUT2D eigenvalue weighted by molar-refractivity contribution is 5.95. The third-order valence-corrected chi connectivity index (χ3v) is 3.77. The van der Waals surface area contributed by atoms with Crippen molar-refractivity contribution >= 4 is 11.9 Å². The monoisotopic (exact) mass is 264 g/mol. The molecule has 0 saturated carbocycles. The first-order valence-corrected chi connectivity index (χ1v) is 6.66. The minimum absolute atomic E-state index is 0.186. The van der Waals surface area contributed by atoms with E-state index in [2.05, 4.69) is 6.92 Å². The largest absolute Gasteiger partial charge is 0.480 e. The van der Waals surface area contributed by atoms with Gasteiger partial charge in [0.25, 0.3) is 5.91 Å². The molecular formula is C14H20N2O3. The summed E-state index contributed by atoms with van der Waals surface area (Å²) in [7, 11) is 1.80. The van der Waals surface area contributed by atoms with E-state index in [4.69, 9.17) is 0 Å². The zero-order valence-corrected chi connectivity index (χ0v) is 11.4. The fourth-order valence-electron chi connectivity index (χ4n) is 2.68. The minimum atomic E-state index is -0.906. The zero-order chi connectivity index (χ0) is 14.0. The second kappa shape index (κ2) is 5.47. The summed E-state index contributed by atoms with van der Waals surface area (Å²) < 4.78 is 1.73. The van der Waals surface area contributed by atoms with Crippen LogP contribution in [0.5, 0.6) is 0 Å². The van der Waals surface area contributed by atoms with Gasteiger partial charge >= 0.3 is 5.97 Å². The predicted molar refractivity (Wildman–Crippen MR) is 70.9 cm³/mol. The first-order valence-electron chi connectivity index (χ1n) is 6.66. The summed E-state index contributed by atoms with van der Waals surface area (Å²) in [5, 5.41) is 9.33. The van der Waals surface area contributed by atoms with Crippen molar-refractivity contribution in [3.8, 4) is 0 Å². The van der Waals surface area contributed by atoms with Crippen LogP contribution in [0.25, 0.3) is 0 Å². The van der Waals surface area contributed by atoms with E-state index in [9.17, 15) is 14.7 Å². The van der Waals surface area contributed by atoms with Crippen molar-refractivity contribution in [1.82, 2.24) is 9.47 Å². The lowest BCUT2D eigenvalue weighted by molar-refractivity contribution is -0.142. The Labute approximate surface area is 112 Å². The number of hydrogen-bond donors (Lipinski definition) is 1. The second-order valence-corrected chi connectivity index (χ2v) is 5.35. The Kier molecular flexibility index (Phi) is 3.93. The van der Waals surface area contributed by atoms with Crippen LogP contribution in [-0.2, 0) is 11.8 Å². The van der Waals surface area contributed by atoms with Gasteiger partial charge in [0.05, 0.1) is 0 Å². The number of carbonyl (C=O) groups is 2. The Morgan fingerprint density at radius 3 is 2.68 bits per heavy atom.